The molecular formula is C11H18F3N2O2. The van der Waals surface area contributed by atoms with E-state index >= 15 is 0 Å². The second-order valence-electron chi connectivity index (χ2n) is 6.00. The highest BCUT2D eigenvalue weighted by Crippen LogP contribution is 2.37. The maximum atomic E-state index is 12.2. The van der Waals surface area contributed by atoms with Crippen molar-refractivity contribution in [2.45, 2.75) is 63.8 Å². The van der Waals surface area contributed by atoms with E-state index < -0.39 is 29.2 Å². The molecule has 0 aromatic heterocycles. The normalized spacial score (nSPS) is 24.9. The minimum Gasteiger partial charge on any atom is -0.345 e. The topological polar surface area (TPSA) is 52.2 Å². The molecule has 1 radical (unpaired) electrons. The molecule has 1 rings (SSSR count). The lowest BCUT2D eigenvalue weighted by atomic mass is 9.79. The SMILES string of the molecule is CC1(C)CC(NC(=O)C(F)(F)F)CC(C)(C)N1[O]. The molecule has 0 spiro atoms. The van der Waals surface area contributed by atoms with Crippen molar-refractivity contribution in [2.75, 3.05) is 0 Å². The number of hydrogen-bond acceptors (Lipinski definition) is 2. The molecule has 0 unspecified atom stereocenters. The molecule has 0 aliphatic carbocycles. The van der Waals surface area contributed by atoms with Gasteiger partial charge in [-0.25, -0.2) is 0 Å². The van der Waals surface area contributed by atoms with Crippen LogP contribution in [0, 0.1) is 0 Å². The van der Waals surface area contributed by atoms with Crippen LogP contribution in [0.5, 0.6) is 0 Å². The van der Waals surface area contributed by atoms with Crippen LogP contribution in [-0.2, 0) is 10.0 Å². The minimum atomic E-state index is -4.89. The lowest BCUT2D eigenvalue weighted by molar-refractivity contribution is -0.290. The Labute approximate surface area is 104 Å². The third-order valence-corrected chi connectivity index (χ3v) is 3.18. The van der Waals surface area contributed by atoms with Gasteiger partial charge in [0.25, 0.3) is 0 Å². The third-order valence-electron chi connectivity index (χ3n) is 3.18. The zero-order valence-electron chi connectivity index (χ0n) is 10.9. The van der Waals surface area contributed by atoms with Crippen LogP contribution >= 0.6 is 0 Å². The summed E-state index contributed by atoms with van der Waals surface area (Å²) in [5, 5.41) is 14.8. The summed E-state index contributed by atoms with van der Waals surface area (Å²) in [5.74, 6) is -1.95. The quantitative estimate of drug-likeness (QED) is 0.790. The van der Waals surface area contributed by atoms with E-state index in [1.54, 1.807) is 27.7 Å². The molecule has 1 aliphatic heterocycles. The predicted molar refractivity (Wildman–Crippen MR) is 57.9 cm³/mol. The van der Waals surface area contributed by atoms with E-state index in [1.165, 1.54) is 0 Å². The monoisotopic (exact) mass is 267 g/mol. The molecule has 105 valence electrons. The van der Waals surface area contributed by atoms with E-state index in [1.807, 2.05) is 5.32 Å². The molecule has 18 heavy (non-hydrogen) atoms. The van der Waals surface area contributed by atoms with Crippen LogP contribution in [0.4, 0.5) is 13.2 Å². The van der Waals surface area contributed by atoms with Gasteiger partial charge in [0.05, 0.1) is 0 Å². The van der Waals surface area contributed by atoms with Crippen molar-refractivity contribution in [2.24, 2.45) is 0 Å². The molecule has 1 aliphatic rings. The van der Waals surface area contributed by atoms with Crippen molar-refractivity contribution in [3.8, 4) is 0 Å². The van der Waals surface area contributed by atoms with Crippen LogP contribution in [0.2, 0.25) is 0 Å². The number of rotatable bonds is 1. The fourth-order valence-electron chi connectivity index (χ4n) is 2.63. The smallest absolute Gasteiger partial charge is 0.345 e. The van der Waals surface area contributed by atoms with Gasteiger partial charge in [0.2, 0.25) is 0 Å². The molecule has 7 heteroatoms. The number of piperidine rings is 1. The lowest BCUT2D eigenvalue weighted by Crippen LogP contribution is -2.63. The maximum absolute atomic E-state index is 12.2. The molecule has 0 bridgehead atoms. The molecule has 1 fully saturated rings. The number of carbonyl (C=O) groups is 1. The van der Waals surface area contributed by atoms with Gasteiger partial charge < -0.3 is 5.32 Å². The van der Waals surface area contributed by atoms with E-state index in [4.69, 9.17) is 0 Å². The van der Waals surface area contributed by atoms with Crippen LogP contribution in [-0.4, -0.2) is 34.3 Å². The highest BCUT2D eigenvalue weighted by atomic mass is 19.4. The molecule has 0 aromatic rings. The van der Waals surface area contributed by atoms with E-state index in [0.29, 0.717) is 0 Å². The zero-order chi connectivity index (χ0) is 14.4. The van der Waals surface area contributed by atoms with Crippen LogP contribution in [0.15, 0.2) is 0 Å². The van der Waals surface area contributed by atoms with Crippen molar-refractivity contribution in [3.05, 3.63) is 0 Å². The fourth-order valence-corrected chi connectivity index (χ4v) is 2.63. The Bertz CT molecular complexity index is 322. The summed E-state index contributed by atoms with van der Waals surface area (Å²) in [5.41, 5.74) is -1.60. The first-order valence-electron chi connectivity index (χ1n) is 5.71. The number of hydrogen-bond donors (Lipinski definition) is 1. The first kappa shape index (κ1) is 15.2. The number of hydroxylamine groups is 2. The Balaban J connectivity index is 2.79. The van der Waals surface area contributed by atoms with E-state index in [2.05, 4.69) is 0 Å². The molecule has 0 aromatic carbocycles. The third kappa shape index (κ3) is 3.14. The Hall–Kier alpha value is -0.820. The fraction of sp³-hybridized carbons (Fsp3) is 0.909. The number of nitrogens with one attached hydrogen (secondary N) is 1. The van der Waals surface area contributed by atoms with Crippen molar-refractivity contribution < 1.29 is 23.2 Å². The highest BCUT2D eigenvalue weighted by molar-refractivity contribution is 5.81. The number of carbonyl (C=O) groups excluding carboxylic acids is 1. The van der Waals surface area contributed by atoms with Gasteiger partial charge in [-0.15, -0.1) is 10.3 Å². The highest BCUT2D eigenvalue weighted by Gasteiger charge is 2.48. The standard InChI is InChI=1S/C11H18F3N2O2/c1-9(2)5-7(6-10(3,4)16(9)18)15-8(17)11(12,13)14/h7H,5-6H2,1-4H3,(H,15,17). The van der Waals surface area contributed by atoms with Gasteiger partial charge in [0.1, 0.15) is 0 Å². The summed E-state index contributed by atoms with van der Waals surface area (Å²) in [4.78, 5) is 10.9. The van der Waals surface area contributed by atoms with Crippen molar-refractivity contribution in [1.82, 2.24) is 10.4 Å². The van der Waals surface area contributed by atoms with Gasteiger partial charge in [0.15, 0.2) is 0 Å². The number of halogens is 3. The largest absolute Gasteiger partial charge is 0.471 e. The summed E-state index contributed by atoms with van der Waals surface area (Å²) in [6, 6.07) is -0.644. The average Bonchev–Trinajstić information content (AvgIpc) is 2.11. The molecule has 0 saturated carbocycles. The summed E-state index contributed by atoms with van der Waals surface area (Å²) >= 11 is 0. The second kappa shape index (κ2) is 4.38. The first-order chi connectivity index (χ1) is 7.86. The number of alkyl halides is 3. The van der Waals surface area contributed by atoms with Crippen molar-refractivity contribution in [1.29, 1.82) is 0 Å². The molecule has 1 saturated heterocycles. The van der Waals surface area contributed by atoms with Crippen LogP contribution in [0.25, 0.3) is 0 Å². The molecule has 1 heterocycles. The predicted octanol–water partition coefficient (Wildman–Crippen LogP) is 2.03. The van der Waals surface area contributed by atoms with Crippen molar-refractivity contribution >= 4 is 5.91 Å². The Morgan fingerprint density at radius 1 is 1.17 bits per heavy atom. The van der Waals surface area contributed by atoms with Crippen LogP contribution in [0.3, 0.4) is 0 Å². The molecular weight excluding hydrogens is 249 g/mol. The van der Waals surface area contributed by atoms with E-state index in [-0.39, 0.29) is 12.8 Å². The zero-order valence-corrected chi connectivity index (χ0v) is 10.9. The minimum absolute atomic E-state index is 0.196. The van der Waals surface area contributed by atoms with Crippen LogP contribution in [0.1, 0.15) is 40.5 Å². The Morgan fingerprint density at radius 2 is 1.56 bits per heavy atom. The average molecular weight is 267 g/mol. The maximum Gasteiger partial charge on any atom is 0.471 e. The summed E-state index contributed by atoms with van der Waals surface area (Å²) in [7, 11) is 0. The van der Waals surface area contributed by atoms with Crippen LogP contribution < -0.4 is 5.32 Å². The summed E-state index contributed by atoms with van der Waals surface area (Å²) in [6.07, 6.45) is -4.49. The molecule has 1 N–H and O–H groups in total. The van der Waals surface area contributed by atoms with Gasteiger partial charge in [0, 0.05) is 17.1 Å². The summed E-state index contributed by atoms with van der Waals surface area (Å²) < 4.78 is 36.5. The number of amides is 1. The number of nitrogens with zero attached hydrogens (tertiary/aromatic N) is 1. The second-order valence-corrected chi connectivity index (χ2v) is 6.00. The van der Waals surface area contributed by atoms with Gasteiger partial charge in [-0.05, 0) is 40.5 Å². The molecule has 0 atom stereocenters. The van der Waals surface area contributed by atoms with Crippen molar-refractivity contribution in [3.63, 3.8) is 0 Å². The Kier molecular flexibility index (Phi) is 3.71. The lowest BCUT2D eigenvalue weighted by Gasteiger charge is -2.49. The molecule has 1 amide bonds. The van der Waals surface area contributed by atoms with E-state index in [0.717, 1.165) is 5.06 Å². The Morgan fingerprint density at radius 3 is 1.89 bits per heavy atom. The van der Waals surface area contributed by atoms with Gasteiger partial charge in [-0.2, -0.15) is 13.2 Å². The van der Waals surface area contributed by atoms with Gasteiger partial charge in [-0.1, -0.05) is 0 Å². The van der Waals surface area contributed by atoms with Gasteiger partial charge in [-0.3, -0.25) is 4.79 Å². The first-order valence-corrected chi connectivity index (χ1v) is 5.71. The summed E-state index contributed by atoms with van der Waals surface area (Å²) in [6.45, 7) is 6.64. The van der Waals surface area contributed by atoms with Gasteiger partial charge >= 0.3 is 12.1 Å². The van der Waals surface area contributed by atoms with E-state index in [9.17, 15) is 23.2 Å². The molecule has 4 nitrogen and oxygen atoms in total.